The van der Waals surface area contributed by atoms with Crippen molar-refractivity contribution in [2.75, 3.05) is 0 Å². The van der Waals surface area contributed by atoms with Crippen LogP contribution < -0.4 is 0 Å². The van der Waals surface area contributed by atoms with Gasteiger partial charge in [-0.3, -0.25) is 4.79 Å². The van der Waals surface area contributed by atoms with Gasteiger partial charge in [0.25, 0.3) is 0 Å². The number of rotatable bonds is 12. The molecule has 0 bridgehead atoms. The van der Waals surface area contributed by atoms with Crippen LogP contribution in [0.3, 0.4) is 0 Å². The van der Waals surface area contributed by atoms with Crippen molar-refractivity contribution in [3.63, 3.8) is 0 Å². The van der Waals surface area contributed by atoms with Crippen molar-refractivity contribution in [3.8, 4) is 0 Å². The summed E-state index contributed by atoms with van der Waals surface area (Å²) in [7, 11) is 0. The number of carbonyl (C=O) groups excluding carboxylic acids is 1. The maximum absolute atomic E-state index is 11.8. The maximum Gasteiger partial charge on any atom is 0.306 e. The minimum atomic E-state index is 0.0123. The summed E-state index contributed by atoms with van der Waals surface area (Å²) in [5, 5.41) is 0. The van der Waals surface area contributed by atoms with Gasteiger partial charge in [0.05, 0.1) is 0 Å². The lowest BCUT2D eigenvalue weighted by atomic mass is 9.99. The first-order chi connectivity index (χ1) is 9.13. The van der Waals surface area contributed by atoms with Gasteiger partial charge in [-0.2, -0.15) is 0 Å². The highest BCUT2D eigenvalue weighted by atomic mass is 16.5. The van der Waals surface area contributed by atoms with Gasteiger partial charge < -0.3 is 4.74 Å². The first-order valence-electron chi connectivity index (χ1n) is 8.33. The summed E-state index contributed by atoms with van der Waals surface area (Å²) < 4.78 is 5.60. The molecule has 0 aromatic heterocycles. The smallest absolute Gasteiger partial charge is 0.306 e. The third kappa shape index (κ3) is 11.0. The van der Waals surface area contributed by atoms with Gasteiger partial charge in [-0.05, 0) is 25.2 Å². The van der Waals surface area contributed by atoms with Gasteiger partial charge in [-0.15, -0.1) is 0 Å². The summed E-state index contributed by atoms with van der Waals surface area (Å²) in [5.74, 6) is 0.752. The van der Waals surface area contributed by atoms with Crippen molar-refractivity contribution in [1.29, 1.82) is 0 Å². The molecule has 0 fully saturated rings. The minimum Gasteiger partial charge on any atom is -0.462 e. The molecule has 0 saturated carbocycles. The Bertz CT molecular complexity index is 213. The standard InChI is InChI=1S/C17H34O2/c1-5-8-13-16(11-7-3)19-17(18)14-9-12-15(4)10-6-2/h15-16H,5-14H2,1-4H3. The third-order valence-electron chi connectivity index (χ3n) is 3.65. The summed E-state index contributed by atoms with van der Waals surface area (Å²) >= 11 is 0. The second-order valence-corrected chi connectivity index (χ2v) is 5.83. The van der Waals surface area contributed by atoms with Crippen molar-refractivity contribution < 1.29 is 9.53 Å². The zero-order chi connectivity index (χ0) is 14.5. The third-order valence-corrected chi connectivity index (χ3v) is 3.65. The highest BCUT2D eigenvalue weighted by Gasteiger charge is 2.13. The molecular formula is C17H34O2. The van der Waals surface area contributed by atoms with E-state index in [1.54, 1.807) is 0 Å². The highest BCUT2D eigenvalue weighted by molar-refractivity contribution is 5.69. The molecule has 0 aliphatic heterocycles. The Kier molecular flexibility index (Phi) is 12.2. The van der Waals surface area contributed by atoms with E-state index in [9.17, 15) is 4.79 Å². The number of esters is 1. The van der Waals surface area contributed by atoms with E-state index in [0.717, 1.165) is 44.4 Å². The Morgan fingerprint density at radius 3 is 2.16 bits per heavy atom. The molecule has 0 heterocycles. The Morgan fingerprint density at radius 1 is 0.895 bits per heavy atom. The molecular weight excluding hydrogens is 236 g/mol. The van der Waals surface area contributed by atoms with Crippen LogP contribution in [0.2, 0.25) is 0 Å². The topological polar surface area (TPSA) is 26.3 Å². The fourth-order valence-electron chi connectivity index (χ4n) is 2.49. The van der Waals surface area contributed by atoms with E-state index in [0.29, 0.717) is 6.42 Å². The fourth-order valence-corrected chi connectivity index (χ4v) is 2.49. The van der Waals surface area contributed by atoms with E-state index in [-0.39, 0.29) is 12.1 Å². The molecule has 0 aliphatic carbocycles. The number of hydrogen-bond donors (Lipinski definition) is 0. The molecule has 0 aliphatic rings. The minimum absolute atomic E-state index is 0.0123. The lowest BCUT2D eigenvalue weighted by molar-refractivity contribution is -0.150. The zero-order valence-electron chi connectivity index (χ0n) is 13.5. The van der Waals surface area contributed by atoms with Gasteiger partial charge in [-0.25, -0.2) is 0 Å². The van der Waals surface area contributed by atoms with Crippen LogP contribution >= 0.6 is 0 Å². The van der Waals surface area contributed by atoms with E-state index in [1.165, 1.54) is 19.3 Å². The summed E-state index contributed by atoms with van der Waals surface area (Å²) in [4.78, 5) is 11.8. The predicted molar refractivity (Wildman–Crippen MR) is 82.2 cm³/mol. The van der Waals surface area contributed by atoms with Crippen molar-refractivity contribution >= 4 is 5.97 Å². The molecule has 0 N–H and O–H groups in total. The highest BCUT2D eigenvalue weighted by Crippen LogP contribution is 2.16. The van der Waals surface area contributed by atoms with Gasteiger partial charge >= 0.3 is 5.97 Å². The van der Waals surface area contributed by atoms with Crippen LogP contribution in [0.1, 0.15) is 91.9 Å². The molecule has 0 radical (unpaired) electrons. The first kappa shape index (κ1) is 18.5. The monoisotopic (exact) mass is 270 g/mol. The molecule has 19 heavy (non-hydrogen) atoms. The maximum atomic E-state index is 11.8. The average Bonchev–Trinajstić information content (AvgIpc) is 2.36. The average molecular weight is 270 g/mol. The normalized spacial score (nSPS) is 14.1. The molecule has 0 rings (SSSR count). The van der Waals surface area contributed by atoms with Crippen molar-refractivity contribution in [2.24, 2.45) is 5.92 Å². The Balaban J connectivity index is 3.79. The van der Waals surface area contributed by atoms with Crippen LogP contribution in [0.25, 0.3) is 0 Å². The summed E-state index contributed by atoms with van der Waals surface area (Å²) in [6, 6.07) is 0. The van der Waals surface area contributed by atoms with Gasteiger partial charge in [0.2, 0.25) is 0 Å². The van der Waals surface area contributed by atoms with Crippen molar-refractivity contribution in [3.05, 3.63) is 0 Å². The molecule has 2 nitrogen and oxygen atoms in total. The molecule has 2 atom stereocenters. The Hall–Kier alpha value is -0.530. The van der Waals surface area contributed by atoms with Crippen LogP contribution in [-0.4, -0.2) is 12.1 Å². The summed E-state index contributed by atoms with van der Waals surface area (Å²) in [6.07, 6.45) is 10.9. The van der Waals surface area contributed by atoms with Gasteiger partial charge in [-0.1, -0.05) is 66.2 Å². The first-order valence-corrected chi connectivity index (χ1v) is 8.33. The second kappa shape index (κ2) is 12.5. The molecule has 0 aromatic rings. The molecule has 114 valence electrons. The van der Waals surface area contributed by atoms with E-state index in [1.807, 2.05) is 0 Å². The molecule has 0 amide bonds. The van der Waals surface area contributed by atoms with Crippen LogP contribution in [-0.2, 0) is 9.53 Å². The number of hydrogen-bond acceptors (Lipinski definition) is 2. The Labute approximate surface area is 120 Å². The molecule has 0 saturated heterocycles. The number of carbonyl (C=O) groups is 1. The van der Waals surface area contributed by atoms with Gasteiger partial charge in [0, 0.05) is 6.42 Å². The Morgan fingerprint density at radius 2 is 1.58 bits per heavy atom. The second-order valence-electron chi connectivity index (χ2n) is 5.83. The van der Waals surface area contributed by atoms with Crippen molar-refractivity contribution in [2.45, 2.75) is 98.0 Å². The largest absolute Gasteiger partial charge is 0.462 e. The van der Waals surface area contributed by atoms with E-state index < -0.39 is 0 Å². The molecule has 2 unspecified atom stereocenters. The predicted octanol–water partition coefficient (Wildman–Crippen LogP) is 5.50. The van der Waals surface area contributed by atoms with E-state index in [2.05, 4.69) is 27.7 Å². The van der Waals surface area contributed by atoms with Crippen LogP contribution in [0.5, 0.6) is 0 Å². The van der Waals surface area contributed by atoms with Gasteiger partial charge in [0.15, 0.2) is 0 Å². The fraction of sp³-hybridized carbons (Fsp3) is 0.941. The van der Waals surface area contributed by atoms with Crippen LogP contribution in [0.15, 0.2) is 0 Å². The molecule has 2 heteroatoms. The molecule has 0 aromatic carbocycles. The lowest BCUT2D eigenvalue weighted by Crippen LogP contribution is -2.18. The van der Waals surface area contributed by atoms with Crippen LogP contribution in [0, 0.1) is 5.92 Å². The van der Waals surface area contributed by atoms with E-state index >= 15 is 0 Å². The quantitative estimate of drug-likeness (QED) is 0.438. The lowest BCUT2D eigenvalue weighted by Gasteiger charge is -2.17. The zero-order valence-corrected chi connectivity index (χ0v) is 13.5. The van der Waals surface area contributed by atoms with Gasteiger partial charge in [0.1, 0.15) is 6.10 Å². The van der Waals surface area contributed by atoms with E-state index in [4.69, 9.17) is 4.74 Å². The van der Waals surface area contributed by atoms with Crippen molar-refractivity contribution in [1.82, 2.24) is 0 Å². The summed E-state index contributed by atoms with van der Waals surface area (Å²) in [6.45, 7) is 8.82. The van der Waals surface area contributed by atoms with Crippen LogP contribution in [0.4, 0.5) is 0 Å². The number of ether oxygens (including phenoxy) is 1. The number of unbranched alkanes of at least 4 members (excludes halogenated alkanes) is 1. The SMILES string of the molecule is CCCCC(CCC)OC(=O)CCCC(C)CCC. The summed E-state index contributed by atoms with van der Waals surface area (Å²) in [5.41, 5.74) is 0. The molecule has 0 spiro atoms.